The van der Waals surface area contributed by atoms with Crippen molar-refractivity contribution in [2.24, 2.45) is 0 Å². The minimum atomic E-state index is -0.0734. The average molecular weight is 292 g/mol. The Morgan fingerprint density at radius 2 is 2.25 bits per heavy atom. The molecule has 0 aliphatic carbocycles. The maximum Gasteiger partial charge on any atom is 0.234 e. The molecule has 108 valence electrons. The number of H-pyrrole nitrogens is 1. The van der Waals surface area contributed by atoms with E-state index >= 15 is 0 Å². The Kier molecular flexibility index (Phi) is 5.43. The molecule has 2 rings (SSSR count). The largest absolute Gasteiger partial charge is 0.345 e. The first kappa shape index (κ1) is 14.9. The average Bonchev–Trinajstić information content (AvgIpc) is 2.87. The third kappa shape index (κ3) is 3.74. The van der Waals surface area contributed by atoms with E-state index in [2.05, 4.69) is 26.9 Å². The third-order valence-corrected chi connectivity index (χ3v) is 3.66. The summed E-state index contributed by atoms with van der Waals surface area (Å²) >= 11 is 1.76. The zero-order chi connectivity index (χ0) is 14.4. The van der Waals surface area contributed by atoms with E-state index < -0.39 is 0 Å². The molecule has 1 aromatic heterocycles. The van der Waals surface area contributed by atoms with Gasteiger partial charge in [-0.1, -0.05) is 12.1 Å². The van der Waals surface area contributed by atoms with Crippen LogP contribution in [0.4, 0.5) is 0 Å². The Hall–Kier alpha value is -1.53. The molecule has 1 atom stereocenters. The fourth-order valence-electron chi connectivity index (χ4n) is 2.06. The van der Waals surface area contributed by atoms with Crippen LogP contribution in [0.5, 0.6) is 0 Å². The van der Waals surface area contributed by atoms with Crippen LogP contribution in [0.2, 0.25) is 0 Å². The molecule has 1 unspecified atom stereocenters. The topological polar surface area (TPSA) is 69.8 Å². The lowest BCUT2D eigenvalue weighted by Crippen LogP contribution is -2.35. The van der Waals surface area contributed by atoms with Crippen molar-refractivity contribution >= 4 is 28.7 Å². The highest BCUT2D eigenvalue weighted by atomic mass is 32.2. The van der Waals surface area contributed by atoms with E-state index in [1.54, 1.807) is 18.8 Å². The predicted octanol–water partition coefficient (Wildman–Crippen LogP) is 1.69. The molecule has 5 nitrogen and oxygen atoms in total. The van der Waals surface area contributed by atoms with Crippen LogP contribution in [0.1, 0.15) is 18.3 Å². The number of nitrogens with one attached hydrogen (secondary N) is 3. The van der Waals surface area contributed by atoms with Crippen molar-refractivity contribution < 1.29 is 4.79 Å². The van der Waals surface area contributed by atoms with Gasteiger partial charge in [0.05, 0.1) is 23.6 Å². The van der Waals surface area contributed by atoms with Crippen molar-refractivity contribution in [3.8, 4) is 0 Å². The molecule has 3 N–H and O–H groups in total. The molecule has 1 heterocycles. The predicted molar refractivity (Wildman–Crippen MR) is 83.9 cm³/mol. The highest BCUT2D eigenvalue weighted by molar-refractivity contribution is 7.98. The summed E-state index contributed by atoms with van der Waals surface area (Å²) in [5.41, 5.74) is 1.93. The summed E-state index contributed by atoms with van der Waals surface area (Å²) in [6, 6.07) is 7.82. The molecule has 0 spiro atoms. The van der Waals surface area contributed by atoms with Gasteiger partial charge >= 0.3 is 0 Å². The van der Waals surface area contributed by atoms with Gasteiger partial charge in [0, 0.05) is 0 Å². The summed E-state index contributed by atoms with van der Waals surface area (Å²) in [4.78, 5) is 19.7. The molecule has 0 fully saturated rings. The number of benzene rings is 1. The molecule has 20 heavy (non-hydrogen) atoms. The Labute approximate surface area is 122 Å². The van der Waals surface area contributed by atoms with E-state index in [4.69, 9.17) is 0 Å². The molecular formula is C14H20N4OS. The first-order valence-electron chi connectivity index (χ1n) is 6.62. The Balaban J connectivity index is 2.18. The second-order valence-corrected chi connectivity index (χ2v) is 5.56. The van der Waals surface area contributed by atoms with Crippen LogP contribution in [0.15, 0.2) is 24.3 Å². The normalized spacial score (nSPS) is 12.5. The van der Waals surface area contributed by atoms with Crippen LogP contribution in [0.3, 0.4) is 0 Å². The first-order chi connectivity index (χ1) is 9.74. The van der Waals surface area contributed by atoms with Gasteiger partial charge in [-0.15, -0.1) is 0 Å². The molecular weight excluding hydrogens is 272 g/mol. The number of hydrogen-bond acceptors (Lipinski definition) is 4. The number of amides is 1. The Morgan fingerprint density at radius 3 is 2.95 bits per heavy atom. The minimum absolute atomic E-state index is 0.0148. The number of carbonyl (C=O) groups is 1. The number of nitrogens with zero attached hydrogens (tertiary/aromatic N) is 1. The quantitative estimate of drug-likeness (QED) is 0.726. The fourth-order valence-corrected chi connectivity index (χ4v) is 2.53. The van der Waals surface area contributed by atoms with Gasteiger partial charge in [0.1, 0.15) is 5.82 Å². The van der Waals surface area contributed by atoms with Crippen molar-refractivity contribution in [2.75, 3.05) is 25.6 Å². The summed E-state index contributed by atoms with van der Waals surface area (Å²) in [5.74, 6) is 1.78. The minimum Gasteiger partial charge on any atom is -0.345 e. The Morgan fingerprint density at radius 1 is 1.45 bits per heavy atom. The van der Waals surface area contributed by atoms with Crippen LogP contribution in [0, 0.1) is 0 Å². The number of imidazole rings is 1. The molecule has 6 heteroatoms. The van der Waals surface area contributed by atoms with Crippen molar-refractivity contribution in [1.29, 1.82) is 0 Å². The van der Waals surface area contributed by atoms with Crippen LogP contribution < -0.4 is 10.6 Å². The maximum atomic E-state index is 11.8. The van der Waals surface area contributed by atoms with Gasteiger partial charge in [-0.05, 0) is 37.6 Å². The van der Waals surface area contributed by atoms with Crippen molar-refractivity contribution in [3.05, 3.63) is 30.1 Å². The fraction of sp³-hybridized carbons (Fsp3) is 0.429. The van der Waals surface area contributed by atoms with E-state index in [1.807, 2.05) is 24.3 Å². The maximum absolute atomic E-state index is 11.8. The molecule has 0 saturated carbocycles. The first-order valence-corrected chi connectivity index (χ1v) is 8.01. The number of carbonyl (C=O) groups excluding carboxylic acids is 1. The van der Waals surface area contributed by atoms with Gasteiger partial charge in [-0.3, -0.25) is 4.79 Å². The monoisotopic (exact) mass is 292 g/mol. The van der Waals surface area contributed by atoms with Gasteiger partial charge in [-0.25, -0.2) is 4.98 Å². The summed E-state index contributed by atoms with van der Waals surface area (Å²) in [5, 5.41) is 5.88. The van der Waals surface area contributed by atoms with Gasteiger partial charge in [0.15, 0.2) is 0 Å². The number of aromatic nitrogens is 2. The van der Waals surface area contributed by atoms with Gasteiger partial charge < -0.3 is 15.6 Å². The lowest BCUT2D eigenvalue weighted by molar-refractivity contribution is -0.121. The van der Waals surface area contributed by atoms with Crippen molar-refractivity contribution in [2.45, 2.75) is 12.5 Å². The zero-order valence-corrected chi connectivity index (χ0v) is 12.6. The second-order valence-electron chi connectivity index (χ2n) is 4.57. The molecule has 0 aliphatic heterocycles. The number of hydrogen-bond donors (Lipinski definition) is 3. The number of rotatable bonds is 7. The number of likely N-dealkylation sites (N-methyl/N-ethyl adjacent to an activating group) is 1. The molecule has 0 aliphatic rings. The summed E-state index contributed by atoms with van der Waals surface area (Å²) in [7, 11) is 1.76. The van der Waals surface area contributed by atoms with Gasteiger partial charge in [0.25, 0.3) is 0 Å². The zero-order valence-electron chi connectivity index (χ0n) is 11.8. The van der Waals surface area contributed by atoms with Crippen LogP contribution in [-0.4, -0.2) is 41.5 Å². The molecule has 0 radical (unpaired) electrons. The summed E-state index contributed by atoms with van der Waals surface area (Å²) < 4.78 is 0. The molecule has 1 aromatic carbocycles. The van der Waals surface area contributed by atoms with E-state index in [9.17, 15) is 4.79 Å². The lowest BCUT2D eigenvalue weighted by atomic mass is 10.2. The van der Waals surface area contributed by atoms with Gasteiger partial charge in [0.2, 0.25) is 5.91 Å². The SMILES string of the molecule is CNCC(=O)NC(CCSC)c1nc2ccccc2[nH]1. The number of aromatic amines is 1. The van der Waals surface area contributed by atoms with Crippen molar-refractivity contribution in [1.82, 2.24) is 20.6 Å². The van der Waals surface area contributed by atoms with Crippen molar-refractivity contribution in [3.63, 3.8) is 0 Å². The molecule has 2 aromatic rings. The summed E-state index contributed by atoms with van der Waals surface area (Å²) in [6.07, 6.45) is 2.92. The van der Waals surface area contributed by atoms with Crippen LogP contribution in [0.25, 0.3) is 11.0 Å². The van der Waals surface area contributed by atoms with E-state index in [-0.39, 0.29) is 11.9 Å². The number of thioether (sulfide) groups is 1. The number of fused-ring (bicyclic) bond motifs is 1. The third-order valence-electron chi connectivity index (χ3n) is 3.02. The Bertz CT molecular complexity index is 536. The number of para-hydroxylation sites is 2. The highest BCUT2D eigenvalue weighted by Gasteiger charge is 2.17. The summed E-state index contributed by atoms with van der Waals surface area (Å²) in [6.45, 7) is 0.315. The van der Waals surface area contributed by atoms with Crippen LogP contribution >= 0.6 is 11.8 Å². The molecule has 0 bridgehead atoms. The smallest absolute Gasteiger partial charge is 0.234 e. The van der Waals surface area contributed by atoms with E-state index in [1.165, 1.54) is 0 Å². The lowest BCUT2D eigenvalue weighted by Gasteiger charge is -2.16. The van der Waals surface area contributed by atoms with E-state index in [0.717, 1.165) is 29.0 Å². The van der Waals surface area contributed by atoms with Gasteiger partial charge in [-0.2, -0.15) is 11.8 Å². The van der Waals surface area contributed by atoms with E-state index in [0.29, 0.717) is 6.54 Å². The highest BCUT2D eigenvalue weighted by Crippen LogP contribution is 2.19. The standard InChI is InChI=1S/C14H20N4OS/c1-15-9-13(19)16-12(7-8-20-2)14-17-10-5-3-4-6-11(10)18-14/h3-6,12,15H,7-9H2,1-2H3,(H,16,19)(H,17,18). The second kappa shape index (κ2) is 7.31. The molecule has 1 amide bonds. The van der Waals surface area contributed by atoms with Crippen LogP contribution in [-0.2, 0) is 4.79 Å². The molecule has 0 saturated heterocycles.